The highest BCUT2D eigenvalue weighted by molar-refractivity contribution is 5.96. The Hall–Kier alpha value is -3.39. The van der Waals surface area contributed by atoms with Crippen molar-refractivity contribution in [1.29, 1.82) is 0 Å². The number of hydrogen-bond donors (Lipinski definition) is 2. The topological polar surface area (TPSA) is 99.0 Å². The van der Waals surface area contributed by atoms with Crippen LogP contribution in [0.25, 0.3) is 0 Å². The summed E-state index contributed by atoms with van der Waals surface area (Å²) >= 11 is 0. The Morgan fingerprint density at radius 2 is 1.57 bits per heavy atom. The van der Waals surface area contributed by atoms with Crippen molar-refractivity contribution in [2.75, 3.05) is 31.2 Å². The van der Waals surface area contributed by atoms with Gasteiger partial charge in [-0.3, -0.25) is 14.4 Å². The molecule has 0 unspecified atom stereocenters. The number of amides is 3. The summed E-state index contributed by atoms with van der Waals surface area (Å²) in [7, 11) is 0. The van der Waals surface area contributed by atoms with Crippen LogP contribution in [0.4, 0.5) is 5.69 Å². The third-order valence-electron chi connectivity index (χ3n) is 8.21. The molecule has 2 aromatic carbocycles. The van der Waals surface area contributed by atoms with Crippen LogP contribution in [-0.2, 0) is 14.4 Å². The predicted octanol–water partition coefficient (Wildman–Crippen LogP) is 2.80. The van der Waals surface area contributed by atoms with Crippen molar-refractivity contribution in [3.05, 3.63) is 66.2 Å². The maximum absolute atomic E-state index is 13.9. The number of carbonyl (C=O) groups excluding carboxylic acids is 3. The van der Waals surface area contributed by atoms with Gasteiger partial charge in [0.05, 0.1) is 6.67 Å². The molecule has 37 heavy (non-hydrogen) atoms. The van der Waals surface area contributed by atoms with Crippen molar-refractivity contribution in [3.8, 4) is 0 Å². The molecule has 8 nitrogen and oxygen atoms in total. The van der Waals surface area contributed by atoms with Gasteiger partial charge in [0.15, 0.2) is 0 Å². The lowest BCUT2D eigenvalue weighted by Crippen LogP contribution is -2.58. The van der Waals surface area contributed by atoms with Crippen LogP contribution in [0.2, 0.25) is 0 Å². The van der Waals surface area contributed by atoms with E-state index in [0.29, 0.717) is 32.6 Å². The molecule has 0 bridgehead atoms. The summed E-state index contributed by atoms with van der Waals surface area (Å²) in [6.07, 6.45) is 6.51. The number of likely N-dealkylation sites (tertiary alicyclic amines) is 1. The lowest BCUT2D eigenvalue weighted by molar-refractivity contribution is -0.140. The van der Waals surface area contributed by atoms with Crippen LogP contribution >= 0.6 is 0 Å². The number of carbonyl (C=O) groups is 3. The van der Waals surface area contributed by atoms with Crippen molar-refractivity contribution in [3.63, 3.8) is 0 Å². The Labute approximate surface area is 218 Å². The number of hydrogen-bond acceptors (Lipinski definition) is 5. The van der Waals surface area contributed by atoms with Gasteiger partial charge in [-0.25, -0.2) is 0 Å². The maximum Gasteiger partial charge on any atom is 0.250 e. The Kier molecular flexibility index (Phi) is 7.46. The van der Waals surface area contributed by atoms with Crippen LogP contribution in [0.1, 0.15) is 56.6 Å². The second kappa shape index (κ2) is 10.9. The highest BCUT2D eigenvalue weighted by atomic mass is 16.2. The van der Waals surface area contributed by atoms with E-state index in [9.17, 15) is 14.4 Å². The fourth-order valence-corrected chi connectivity index (χ4v) is 6.11. The van der Waals surface area contributed by atoms with Crippen LogP contribution in [-0.4, -0.2) is 65.4 Å². The summed E-state index contributed by atoms with van der Waals surface area (Å²) in [6.45, 7) is 1.30. The normalized spacial score (nSPS) is 20.8. The van der Waals surface area contributed by atoms with Crippen LogP contribution in [0.3, 0.4) is 0 Å². The molecule has 0 aromatic heterocycles. The second-order valence-electron chi connectivity index (χ2n) is 10.6. The molecule has 0 radical (unpaired) electrons. The maximum atomic E-state index is 13.9. The number of anilines is 1. The highest BCUT2D eigenvalue weighted by Gasteiger charge is 2.54. The first-order valence-corrected chi connectivity index (χ1v) is 13.5. The minimum atomic E-state index is -0.778. The van der Waals surface area contributed by atoms with Crippen LogP contribution in [0, 0.1) is 0 Å². The van der Waals surface area contributed by atoms with Gasteiger partial charge < -0.3 is 25.8 Å². The zero-order valence-corrected chi connectivity index (χ0v) is 21.4. The summed E-state index contributed by atoms with van der Waals surface area (Å²) in [6, 6.07) is 18.7. The van der Waals surface area contributed by atoms with Crippen LogP contribution in [0.5, 0.6) is 0 Å². The third-order valence-corrected chi connectivity index (χ3v) is 8.21. The summed E-state index contributed by atoms with van der Waals surface area (Å²) in [4.78, 5) is 45.5. The average Bonchev–Trinajstić information content (AvgIpc) is 3.20. The van der Waals surface area contributed by atoms with E-state index in [0.717, 1.165) is 36.9 Å². The lowest BCUT2D eigenvalue weighted by atomic mass is 9.85. The number of nitrogens with two attached hydrogens (primary N) is 1. The standard InChI is InChI=1S/C29H37N5O3/c30-26(22-10-4-1-5-11-22)27(36)32-18-16-29(17-19-32)28(37)33(21-34(29)24-14-8-3-9-15-24)20-25(35)31-23-12-6-2-7-13-23/h1,3-5,8-11,14-15,23,26H,2,6-7,12-13,16-21,30H2,(H,31,35)/t26-/m1/s1. The van der Waals surface area contributed by atoms with Crippen molar-refractivity contribution in [2.24, 2.45) is 5.73 Å². The fraction of sp³-hybridized carbons (Fsp3) is 0.483. The molecule has 5 rings (SSSR count). The molecule has 196 valence electrons. The van der Waals surface area contributed by atoms with Gasteiger partial charge in [0.2, 0.25) is 11.8 Å². The first-order valence-electron chi connectivity index (χ1n) is 13.5. The molecule has 1 aliphatic carbocycles. The van der Waals surface area contributed by atoms with Crippen molar-refractivity contribution < 1.29 is 14.4 Å². The Morgan fingerprint density at radius 3 is 2.22 bits per heavy atom. The van der Waals surface area contributed by atoms with Crippen molar-refractivity contribution in [2.45, 2.75) is 62.6 Å². The average molecular weight is 504 g/mol. The molecule has 1 atom stereocenters. The van der Waals surface area contributed by atoms with E-state index in [-0.39, 0.29) is 30.3 Å². The molecule has 2 aromatic rings. The van der Waals surface area contributed by atoms with Crippen molar-refractivity contribution in [1.82, 2.24) is 15.1 Å². The summed E-state index contributed by atoms with van der Waals surface area (Å²) in [5.74, 6) is -0.247. The molecule has 2 heterocycles. The molecular weight excluding hydrogens is 466 g/mol. The predicted molar refractivity (Wildman–Crippen MR) is 142 cm³/mol. The fourth-order valence-electron chi connectivity index (χ4n) is 6.11. The van der Waals surface area contributed by atoms with Gasteiger partial charge >= 0.3 is 0 Å². The number of benzene rings is 2. The van der Waals surface area contributed by atoms with Gasteiger partial charge in [-0.05, 0) is 43.4 Å². The Morgan fingerprint density at radius 1 is 0.946 bits per heavy atom. The number of nitrogens with zero attached hydrogens (tertiary/aromatic N) is 3. The number of rotatable bonds is 6. The Bertz CT molecular complexity index is 1100. The molecule has 1 saturated carbocycles. The smallest absolute Gasteiger partial charge is 0.250 e. The molecule has 1 spiro atoms. The largest absolute Gasteiger partial charge is 0.352 e. The molecule has 3 aliphatic rings. The van der Waals surface area contributed by atoms with E-state index in [1.807, 2.05) is 60.7 Å². The van der Waals surface area contributed by atoms with Gasteiger partial charge in [0.25, 0.3) is 5.91 Å². The first kappa shape index (κ1) is 25.3. The number of nitrogens with one attached hydrogen (secondary N) is 1. The summed E-state index contributed by atoms with van der Waals surface area (Å²) in [5, 5.41) is 3.14. The van der Waals surface area contributed by atoms with Crippen LogP contribution in [0.15, 0.2) is 60.7 Å². The number of piperidine rings is 1. The van der Waals surface area contributed by atoms with E-state index < -0.39 is 11.6 Å². The molecule has 8 heteroatoms. The van der Waals surface area contributed by atoms with Gasteiger partial charge in [-0.1, -0.05) is 67.8 Å². The molecular formula is C29H37N5O3. The molecule has 3 amide bonds. The SMILES string of the molecule is N[C@@H](C(=O)N1CCC2(CC1)C(=O)N(CC(=O)NC1CCCCC1)CN2c1ccccc1)c1ccccc1. The minimum Gasteiger partial charge on any atom is -0.352 e. The molecule has 3 N–H and O–H groups in total. The second-order valence-corrected chi connectivity index (χ2v) is 10.6. The van der Waals surface area contributed by atoms with Crippen molar-refractivity contribution >= 4 is 23.4 Å². The molecule has 2 saturated heterocycles. The first-order chi connectivity index (χ1) is 18.0. The van der Waals surface area contributed by atoms with Gasteiger partial charge in [-0.15, -0.1) is 0 Å². The lowest BCUT2D eigenvalue weighted by Gasteiger charge is -2.43. The zero-order valence-electron chi connectivity index (χ0n) is 21.4. The molecule has 3 fully saturated rings. The number of para-hydroxylation sites is 1. The monoisotopic (exact) mass is 503 g/mol. The van der Waals surface area contributed by atoms with E-state index in [1.165, 1.54) is 6.42 Å². The van der Waals surface area contributed by atoms with Crippen LogP contribution < -0.4 is 16.0 Å². The zero-order chi connectivity index (χ0) is 25.8. The Balaban J connectivity index is 1.30. The highest BCUT2D eigenvalue weighted by Crippen LogP contribution is 2.39. The summed E-state index contributed by atoms with van der Waals surface area (Å²) in [5.41, 5.74) is 7.25. The molecule has 2 aliphatic heterocycles. The van der Waals surface area contributed by atoms with E-state index in [1.54, 1.807) is 9.80 Å². The van der Waals surface area contributed by atoms with E-state index in [4.69, 9.17) is 5.73 Å². The van der Waals surface area contributed by atoms with Gasteiger partial charge in [0.1, 0.15) is 18.1 Å². The van der Waals surface area contributed by atoms with E-state index >= 15 is 0 Å². The third kappa shape index (κ3) is 5.21. The quantitative estimate of drug-likeness (QED) is 0.632. The minimum absolute atomic E-state index is 0.0328. The van der Waals surface area contributed by atoms with Gasteiger partial charge in [-0.2, -0.15) is 0 Å². The van der Waals surface area contributed by atoms with E-state index in [2.05, 4.69) is 10.2 Å². The van der Waals surface area contributed by atoms with Gasteiger partial charge in [0, 0.05) is 24.8 Å². The summed E-state index contributed by atoms with van der Waals surface area (Å²) < 4.78 is 0.